The summed E-state index contributed by atoms with van der Waals surface area (Å²) in [5, 5.41) is 7.39. The van der Waals surface area contributed by atoms with Gasteiger partial charge in [-0.2, -0.15) is 15.1 Å². The monoisotopic (exact) mass is 429 g/mol. The van der Waals surface area contributed by atoms with E-state index in [2.05, 4.69) is 20.4 Å². The van der Waals surface area contributed by atoms with Gasteiger partial charge in [0.15, 0.2) is 17.7 Å². The first-order valence-electron chi connectivity index (χ1n) is 9.61. The fraction of sp³-hybridized carbons (Fsp3) is 0.300. The molecule has 0 saturated carbocycles. The van der Waals surface area contributed by atoms with Gasteiger partial charge in [0.1, 0.15) is 11.6 Å². The number of carbonyl (C=O) groups excluding carboxylic acids is 1. The highest BCUT2D eigenvalue weighted by atomic mass is 19.2. The first-order chi connectivity index (χ1) is 14.8. The lowest BCUT2D eigenvalue weighted by Crippen LogP contribution is -2.48. The van der Waals surface area contributed by atoms with Gasteiger partial charge < -0.3 is 20.7 Å². The highest BCUT2D eigenvalue weighted by Gasteiger charge is 2.26. The smallest absolute Gasteiger partial charge is 0.254 e. The number of halogens is 2. The largest absolute Gasteiger partial charge is 0.367 e. The normalized spacial score (nSPS) is 16.4. The minimum absolute atomic E-state index is 0.230. The summed E-state index contributed by atoms with van der Waals surface area (Å²) in [6.07, 6.45) is -0.761. The highest BCUT2D eigenvalue weighted by molar-refractivity contribution is 5.80. The molecule has 0 aliphatic carbocycles. The molecule has 1 aromatic carbocycles. The summed E-state index contributed by atoms with van der Waals surface area (Å²) in [6, 6.07) is 7.01. The molecule has 3 heterocycles. The Hall–Kier alpha value is -3.60. The number of nitrogens with one attached hydrogen (secondary N) is 1. The first-order valence-corrected chi connectivity index (χ1v) is 9.61. The summed E-state index contributed by atoms with van der Waals surface area (Å²) in [4.78, 5) is 22.5. The van der Waals surface area contributed by atoms with E-state index >= 15 is 0 Å². The van der Waals surface area contributed by atoms with E-state index in [0.717, 1.165) is 23.5 Å². The molecule has 0 spiro atoms. The molecule has 1 saturated heterocycles. The number of aryl methyl sites for hydroxylation is 2. The Labute approximate surface area is 176 Å². The van der Waals surface area contributed by atoms with Crippen LogP contribution in [0, 0.1) is 25.5 Å². The van der Waals surface area contributed by atoms with E-state index in [0.29, 0.717) is 30.5 Å². The lowest BCUT2D eigenvalue weighted by molar-refractivity contribution is -0.130. The molecule has 1 amide bonds. The zero-order valence-corrected chi connectivity index (χ0v) is 17.0. The molecule has 11 heteroatoms. The zero-order chi connectivity index (χ0) is 22.1. The molecule has 162 valence electrons. The van der Waals surface area contributed by atoms with Gasteiger partial charge >= 0.3 is 0 Å². The number of morpholine rings is 1. The van der Waals surface area contributed by atoms with Crippen molar-refractivity contribution in [1.29, 1.82) is 0 Å². The molecule has 1 unspecified atom stereocenters. The lowest BCUT2D eigenvalue weighted by atomic mass is 10.2. The number of amides is 1. The van der Waals surface area contributed by atoms with Crippen molar-refractivity contribution in [2.24, 2.45) is 5.73 Å². The molecule has 31 heavy (non-hydrogen) atoms. The fourth-order valence-corrected chi connectivity index (χ4v) is 3.33. The third-order valence-corrected chi connectivity index (χ3v) is 4.80. The van der Waals surface area contributed by atoms with Crippen molar-refractivity contribution < 1.29 is 18.3 Å². The number of nitrogens with zero attached hydrogens (tertiary/aromatic N) is 5. The Morgan fingerprint density at radius 1 is 1.19 bits per heavy atom. The minimum Gasteiger partial charge on any atom is -0.367 e. The maximum atomic E-state index is 13.6. The van der Waals surface area contributed by atoms with E-state index in [-0.39, 0.29) is 12.5 Å². The molecule has 3 N–H and O–H groups in total. The van der Waals surface area contributed by atoms with Gasteiger partial charge in [-0.1, -0.05) is 0 Å². The van der Waals surface area contributed by atoms with Crippen molar-refractivity contribution in [2.45, 2.75) is 20.0 Å². The number of benzene rings is 1. The summed E-state index contributed by atoms with van der Waals surface area (Å²) in [5.74, 6) is -1.33. The zero-order valence-electron chi connectivity index (χ0n) is 17.0. The summed E-state index contributed by atoms with van der Waals surface area (Å²) in [5.41, 5.74) is 7.33. The molecular weight excluding hydrogens is 408 g/mol. The Balaban J connectivity index is 1.74. The summed E-state index contributed by atoms with van der Waals surface area (Å²) < 4.78 is 33.9. The molecule has 3 aromatic rings. The number of rotatable bonds is 5. The molecule has 4 rings (SSSR count). The number of hydrogen-bond donors (Lipinski definition) is 2. The van der Waals surface area contributed by atoms with Crippen molar-refractivity contribution in [1.82, 2.24) is 19.7 Å². The van der Waals surface area contributed by atoms with Gasteiger partial charge in [0.2, 0.25) is 5.91 Å². The number of nitrogens with two attached hydrogens (primary N) is 1. The van der Waals surface area contributed by atoms with Crippen LogP contribution in [0.15, 0.2) is 30.3 Å². The lowest BCUT2D eigenvalue weighted by Gasteiger charge is -2.32. The number of anilines is 3. The molecule has 1 atom stereocenters. The van der Waals surface area contributed by atoms with Crippen LogP contribution in [0.4, 0.5) is 26.1 Å². The quantitative estimate of drug-likeness (QED) is 0.638. The number of ether oxygens (including phenoxy) is 1. The number of primary amides is 1. The van der Waals surface area contributed by atoms with Gasteiger partial charge in [-0.25, -0.2) is 13.5 Å². The Kier molecular flexibility index (Phi) is 5.51. The van der Waals surface area contributed by atoms with Crippen LogP contribution in [-0.2, 0) is 9.53 Å². The van der Waals surface area contributed by atoms with Crippen LogP contribution in [0.2, 0.25) is 0 Å². The van der Waals surface area contributed by atoms with Gasteiger partial charge in [0, 0.05) is 30.1 Å². The second-order valence-corrected chi connectivity index (χ2v) is 7.21. The van der Waals surface area contributed by atoms with Gasteiger partial charge in [-0.3, -0.25) is 4.79 Å². The van der Waals surface area contributed by atoms with Gasteiger partial charge in [-0.15, -0.1) is 0 Å². The van der Waals surface area contributed by atoms with E-state index in [9.17, 15) is 13.6 Å². The average Bonchev–Trinajstić information content (AvgIpc) is 3.08. The second kappa shape index (κ2) is 8.26. The number of aromatic nitrogens is 4. The van der Waals surface area contributed by atoms with Crippen molar-refractivity contribution in [3.8, 4) is 5.95 Å². The first kappa shape index (κ1) is 20.7. The van der Waals surface area contributed by atoms with E-state index < -0.39 is 23.6 Å². The van der Waals surface area contributed by atoms with Crippen LogP contribution in [0.3, 0.4) is 0 Å². The SMILES string of the molecule is Cc1cc(C)n(-c2nc(Nc3ccc(F)c(F)c3)cc(N3CCOC(C(N)=O)C3)n2)n1. The van der Waals surface area contributed by atoms with Crippen LogP contribution in [-0.4, -0.2) is 51.5 Å². The van der Waals surface area contributed by atoms with Crippen molar-refractivity contribution in [2.75, 3.05) is 29.9 Å². The third kappa shape index (κ3) is 4.45. The van der Waals surface area contributed by atoms with Crippen molar-refractivity contribution >= 4 is 23.2 Å². The molecule has 9 nitrogen and oxygen atoms in total. The summed E-state index contributed by atoms with van der Waals surface area (Å²) in [7, 11) is 0. The molecule has 1 fully saturated rings. The topological polar surface area (TPSA) is 111 Å². The van der Waals surface area contributed by atoms with Gasteiger partial charge in [0.05, 0.1) is 18.8 Å². The highest BCUT2D eigenvalue weighted by Crippen LogP contribution is 2.24. The molecule has 0 bridgehead atoms. The standard InChI is InChI=1S/C20H21F2N7O2/c1-11-7-12(2)29(27-11)20-25-17(24-13-3-4-14(21)15(22)8-13)9-18(26-20)28-5-6-31-16(10-28)19(23)30/h3-4,7-9,16H,5-6,10H2,1-2H3,(H2,23,30)(H,24,25,26). The Morgan fingerprint density at radius 2 is 2.00 bits per heavy atom. The summed E-state index contributed by atoms with van der Waals surface area (Å²) >= 11 is 0. The Bertz CT molecular complexity index is 1130. The maximum absolute atomic E-state index is 13.6. The van der Waals surface area contributed by atoms with Crippen LogP contribution in [0.5, 0.6) is 0 Å². The molecule has 0 radical (unpaired) electrons. The third-order valence-electron chi connectivity index (χ3n) is 4.80. The predicted octanol–water partition coefficient (Wildman–Crippen LogP) is 1.99. The number of carbonyl (C=O) groups is 1. The second-order valence-electron chi connectivity index (χ2n) is 7.21. The summed E-state index contributed by atoms with van der Waals surface area (Å²) in [6.45, 7) is 4.75. The maximum Gasteiger partial charge on any atom is 0.254 e. The van der Waals surface area contributed by atoms with Gasteiger partial charge in [0.25, 0.3) is 5.95 Å². The fourth-order valence-electron chi connectivity index (χ4n) is 3.33. The average molecular weight is 429 g/mol. The van der Waals surface area contributed by atoms with E-state index in [1.807, 2.05) is 24.8 Å². The van der Waals surface area contributed by atoms with E-state index in [1.165, 1.54) is 6.07 Å². The molecule has 2 aromatic heterocycles. The van der Waals surface area contributed by atoms with Crippen LogP contribution in [0.1, 0.15) is 11.4 Å². The van der Waals surface area contributed by atoms with Crippen LogP contribution in [0.25, 0.3) is 5.95 Å². The van der Waals surface area contributed by atoms with Crippen molar-refractivity contribution in [3.63, 3.8) is 0 Å². The molecule has 1 aliphatic heterocycles. The predicted molar refractivity (Wildman–Crippen MR) is 109 cm³/mol. The Morgan fingerprint density at radius 3 is 2.68 bits per heavy atom. The number of hydrogen-bond acceptors (Lipinski definition) is 7. The van der Waals surface area contributed by atoms with Crippen molar-refractivity contribution in [3.05, 3.63) is 53.4 Å². The van der Waals surface area contributed by atoms with E-state index in [4.69, 9.17) is 10.5 Å². The minimum atomic E-state index is -0.976. The van der Waals surface area contributed by atoms with Crippen LogP contribution >= 0.6 is 0 Å². The van der Waals surface area contributed by atoms with Crippen LogP contribution < -0.4 is 16.0 Å². The van der Waals surface area contributed by atoms with Gasteiger partial charge in [-0.05, 0) is 32.0 Å². The van der Waals surface area contributed by atoms with E-state index in [1.54, 1.807) is 10.7 Å². The molecule has 1 aliphatic rings. The molecular formula is C20H21F2N7O2.